The van der Waals surface area contributed by atoms with Crippen molar-refractivity contribution in [1.29, 1.82) is 5.26 Å². The zero-order valence-corrected chi connectivity index (χ0v) is 16.1. The Labute approximate surface area is 175 Å². The standard InChI is InChI=1S/C19H17N7O5/c20-7-11-2-1-3-12(6-11)17-24-16(21)15(19(25-17)30-13-4-5-28-8-13)18(27)26-29-9-14-22-10-23-31-14/h1-3,6,10,13H,4-5,8-9H2,(H,26,27)(H2,21,24,25)/t13-/m0/s1. The number of hydroxylamine groups is 1. The molecule has 0 radical (unpaired) electrons. The molecule has 12 nitrogen and oxygen atoms in total. The van der Waals surface area contributed by atoms with Gasteiger partial charge in [0.05, 0.1) is 24.8 Å². The summed E-state index contributed by atoms with van der Waals surface area (Å²) in [6.07, 6.45) is 1.55. The second-order valence-corrected chi connectivity index (χ2v) is 6.46. The first-order valence-corrected chi connectivity index (χ1v) is 9.24. The Bertz CT molecular complexity index is 1110. The van der Waals surface area contributed by atoms with Crippen LogP contribution in [0.1, 0.15) is 28.2 Å². The highest BCUT2D eigenvalue weighted by atomic mass is 16.7. The van der Waals surface area contributed by atoms with Crippen LogP contribution in [0.15, 0.2) is 35.1 Å². The third-order valence-electron chi connectivity index (χ3n) is 4.31. The Morgan fingerprint density at radius 2 is 2.29 bits per heavy atom. The number of rotatable bonds is 7. The van der Waals surface area contributed by atoms with Crippen LogP contribution in [0, 0.1) is 11.3 Å². The molecule has 0 spiro atoms. The van der Waals surface area contributed by atoms with Gasteiger partial charge in [-0.2, -0.15) is 15.2 Å². The maximum atomic E-state index is 12.7. The summed E-state index contributed by atoms with van der Waals surface area (Å²) < 4.78 is 16.0. The van der Waals surface area contributed by atoms with Crippen molar-refractivity contribution in [2.24, 2.45) is 0 Å². The lowest BCUT2D eigenvalue weighted by Crippen LogP contribution is -2.28. The van der Waals surface area contributed by atoms with Crippen molar-refractivity contribution in [2.45, 2.75) is 19.1 Å². The Morgan fingerprint density at radius 1 is 1.39 bits per heavy atom. The first-order chi connectivity index (χ1) is 15.1. The molecule has 1 saturated heterocycles. The largest absolute Gasteiger partial charge is 0.471 e. The molecule has 4 rings (SSSR count). The number of nitrogens with zero attached hydrogens (tertiary/aromatic N) is 5. The molecule has 1 atom stereocenters. The Kier molecular flexibility index (Phi) is 5.97. The quantitative estimate of drug-likeness (QED) is 0.519. The molecule has 0 unspecified atom stereocenters. The summed E-state index contributed by atoms with van der Waals surface area (Å²) in [5, 5.41) is 12.6. The highest BCUT2D eigenvalue weighted by Crippen LogP contribution is 2.28. The summed E-state index contributed by atoms with van der Waals surface area (Å²) in [6, 6.07) is 8.75. The van der Waals surface area contributed by atoms with E-state index in [1.807, 2.05) is 0 Å². The molecule has 0 saturated carbocycles. The number of nitrogens with two attached hydrogens (primary N) is 1. The van der Waals surface area contributed by atoms with Gasteiger partial charge in [0.2, 0.25) is 5.88 Å². The first-order valence-electron chi connectivity index (χ1n) is 9.24. The molecule has 1 aromatic carbocycles. The van der Waals surface area contributed by atoms with Crippen molar-refractivity contribution >= 4 is 11.7 Å². The Morgan fingerprint density at radius 3 is 3.03 bits per heavy atom. The predicted octanol–water partition coefficient (Wildman–Crippen LogP) is 1.01. The zero-order chi connectivity index (χ0) is 21.6. The third-order valence-corrected chi connectivity index (χ3v) is 4.31. The number of aromatic nitrogens is 4. The molecule has 12 heteroatoms. The molecule has 31 heavy (non-hydrogen) atoms. The third kappa shape index (κ3) is 4.74. The van der Waals surface area contributed by atoms with Gasteiger partial charge in [-0.15, -0.1) is 0 Å². The molecule has 1 aliphatic heterocycles. The van der Waals surface area contributed by atoms with E-state index in [0.717, 1.165) is 0 Å². The van der Waals surface area contributed by atoms with Gasteiger partial charge in [0, 0.05) is 12.0 Å². The number of ether oxygens (including phenoxy) is 2. The van der Waals surface area contributed by atoms with Crippen LogP contribution in [-0.2, 0) is 16.2 Å². The van der Waals surface area contributed by atoms with Gasteiger partial charge in [-0.1, -0.05) is 17.3 Å². The van der Waals surface area contributed by atoms with Crippen LogP contribution in [0.4, 0.5) is 5.82 Å². The normalized spacial score (nSPS) is 15.4. The fourth-order valence-electron chi connectivity index (χ4n) is 2.85. The van der Waals surface area contributed by atoms with Gasteiger partial charge in [0.1, 0.15) is 17.5 Å². The monoisotopic (exact) mass is 423 g/mol. The molecule has 158 valence electrons. The lowest BCUT2D eigenvalue weighted by Gasteiger charge is -2.16. The van der Waals surface area contributed by atoms with E-state index in [1.165, 1.54) is 6.33 Å². The van der Waals surface area contributed by atoms with Gasteiger partial charge < -0.3 is 19.7 Å². The van der Waals surface area contributed by atoms with E-state index < -0.39 is 5.91 Å². The number of benzene rings is 1. The van der Waals surface area contributed by atoms with Crippen LogP contribution in [-0.4, -0.2) is 45.3 Å². The molecular weight excluding hydrogens is 406 g/mol. The lowest BCUT2D eigenvalue weighted by molar-refractivity contribution is 0.0136. The van der Waals surface area contributed by atoms with Gasteiger partial charge in [-0.05, 0) is 12.1 Å². The van der Waals surface area contributed by atoms with Gasteiger partial charge in [-0.3, -0.25) is 9.63 Å². The maximum Gasteiger partial charge on any atom is 0.284 e. The van der Waals surface area contributed by atoms with Gasteiger partial charge in [-0.25, -0.2) is 10.5 Å². The van der Waals surface area contributed by atoms with Crippen molar-refractivity contribution in [1.82, 2.24) is 25.6 Å². The summed E-state index contributed by atoms with van der Waals surface area (Å²) in [7, 11) is 0. The molecule has 3 aromatic rings. The van der Waals surface area contributed by atoms with Crippen molar-refractivity contribution in [2.75, 3.05) is 18.9 Å². The summed E-state index contributed by atoms with van der Waals surface area (Å²) in [5.41, 5.74) is 9.23. The average molecular weight is 423 g/mol. The minimum absolute atomic E-state index is 0.0146. The van der Waals surface area contributed by atoms with Crippen LogP contribution in [0.2, 0.25) is 0 Å². The number of carbonyl (C=O) groups excluding carboxylic acids is 1. The van der Waals surface area contributed by atoms with E-state index in [2.05, 4.69) is 31.7 Å². The van der Waals surface area contributed by atoms with E-state index in [0.29, 0.717) is 30.8 Å². The summed E-state index contributed by atoms with van der Waals surface area (Å²) in [6.45, 7) is 0.757. The first kappa shape index (κ1) is 20.2. The van der Waals surface area contributed by atoms with Crippen LogP contribution in [0.5, 0.6) is 5.88 Å². The fourth-order valence-corrected chi connectivity index (χ4v) is 2.85. The number of nitrogens with one attached hydrogen (secondary N) is 1. The number of nitrogen functional groups attached to an aromatic ring is 1. The molecule has 0 aliphatic carbocycles. The Balaban J connectivity index is 1.62. The highest BCUT2D eigenvalue weighted by molar-refractivity contribution is 6.00. The number of hydrogen-bond acceptors (Lipinski definition) is 11. The van der Waals surface area contributed by atoms with Crippen LogP contribution >= 0.6 is 0 Å². The van der Waals surface area contributed by atoms with Crippen molar-refractivity contribution in [3.05, 3.63) is 47.6 Å². The predicted molar refractivity (Wildman–Crippen MR) is 103 cm³/mol. The zero-order valence-electron chi connectivity index (χ0n) is 16.1. The fraction of sp³-hybridized carbons (Fsp3) is 0.263. The van der Waals surface area contributed by atoms with E-state index in [-0.39, 0.29) is 41.7 Å². The van der Waals surface area contributed by atoms with Crippen LogP contribution in [0.3, 0.4) is 0 Å². The number of nitriles is 1. The smallest absolute Gasteiger partial charge is 0.284 e. The lowest BCUT2D eigenvalue weighted by atomic mass is 10.1. The summed E-state index contributed by atoms with van der Waals surface area (Å²) in [4.78, 5) is 30.2. The van der Waals surface area contributed by atoms with Gasteiger partial charge in [0.25, 0.3) is 11.8 Å². The van der Waals surface area contributed by atoms with Gasteiger partial charge in [0.15, 0.2) is 18.8 Å². The second-order valence-electron chi connectivity index (χ2n) is 6.46. The van der Waals surface area contributed by atoms with Crippen molar-refractivity contribution < 1.29 is 23.6 Å². The highest BCUT2D eigenvalue weighted by Gasteiger charge is 2.26. The summed E-state index contributed by atoms with van der Waals surface area (Å²) >= 11 is 0. The number of carbonyl (C=O) groups is 1. The average Bonchev–Trinajstić information content (AvgIpc) is 3.48. The molecule has 0 bridgehead atoms. The molecule has 1 amide bonds. The Hall–Kier alpha value is -4.08. The number of hydrogen-bond donors (Lipinski definition) is 2. The van der Waals surface area contributed by atoms with E-state index in [4.69, 9.17) is 29.8 Å². The molecule has 3 heterocycles. The topological polar surface area (TPSA) is 171 Å². The second kappa shape index (κ2) is 9.16. The van der Waals surface area contributed by atoms with E-state index >= 15 is 0 Å². The number of amides is 1. The number of anilines is 1. The van der Waals surface area contributed by atoms with Crippen molar-refractivity contribution in [3.63, 3.8) is 0 Å². The summed E-state index contributed by atoms with van der Waals surface area (Å²) in [5.74, 6) is -0.439. The van der Waals surface area contributed by atoms with E-state index in [9.17, 15) is 4.79 Å². The van der Waals surface area contributed by atoms with Crippen LogP contribution in [0.25, 0.3) is 11.4 Å². The SMILES string of the molecule is N#Cc1cccc(-c2nc(N)c(C(=O)NOCc3ncno3)c(O[C@H]3CCOC3)n2)c1. The molecule has 1 aliphatic rings. The minimum Gasteiger partial charge on any atom is -0.471 e. The van der Waals surface area contributed by atoms with Gasteiger partial charge >= 0.3 is 0 Å². The van der Waals surface area contributed by atoms with Crippen molar-refractivity contribution in [3.8, 4) is 23.3 Å². The maximum absolute atomic E-state index is 12.7. The minimum atomic E-state index is -0.705. The van der Waals surface area contributed by atoms with E-state index in [1.54, 1.807) is 24.3 Å². The molecule has 1 fully saturated rings. The molecule has 2 aromatic heterocycles. The molecule has 3 N–H and O–H groups in total. The molecular formula is C19H17N7O5. The van der Waals surface area contributed by atoms with Crippen LogP contribution < -0.4 is 16.0 Å².